The van der Waals surface area contributed by atoms with Gasteiger partial charge in [0, 0.05) is 6.08 Å². The highest BCUT2D eigenvalue weighted by Gasteiger charge is 1.94. The average Bonchev–Trinajstić information content (AvgIpc) is 2.16. The highest BCUT2D eigenvalue weighted by atomic mass is 16.5. The first-order valence-electron chi connectivity index (χ1n) is 3.89. The molecule has 0 aliphatic heterocycles. The van der Waals surface area contributed by atoms with Crippen LogP contribution in [0.3, 0.4) is 0 Å². The Kier molecular flexibility index (Phi) is 3.12. The maximum Gasteiger partial charge on any atom is 0.328 e. The summed E-state index contributed by atoms with van der Waals surface area (Å²) in [5, 5.41) is 19.5. The molecule has 0 aliphatic carbocycles. The molecule has 0 atom stereocenters. The number of aliphatic carboxylic acids is 1. The molecular weight excluding hydrogens is 184 g/mol. The van der Waals surface area contributed by atoms with Crippen LogP contribution in [0.4, 0.5) is 0 Å². The van der Waals surface area contributed by atoms with Gasteiger partial charge >= 0.3 is 5.97 Å². The average molecular weight is 193 g/mol. The molecule has 0 fully saturated rings. The summed E-state index contributed by atoms with van der Waals surface area (Å²) in [5.74, 6) is -1.05. The van der Waals surface area contributed by atoms with Crippen molar-refractivity contribution in [2.45, 2.75) is 0 Å². The fourth-order valence-electron chi connectivity index (χ4n) is 0.955. The van der Waals surface area contributed by atoms with E-state index in [1.165, 1.54) is 31.4 Å². The van der Waals surface area contributed by atoms with Gasteiger partial charge in [-0.2, -0.15) is 0 Å². The summed E-state index contributed by atoms with van der Waals surface area (Å²) in [7, 11) is 1.39. The summed E-state index contributed by atoms with van der Waals surface area (Å²) >= 11 is 0. The molecular formula is C10H9O4-. The van der Waals surface area contributed by atoms with E-state index in [2.05, 4.69) is 0 Å². The van der Waals surface area contributed by atoms with Crippen molar-refractivity contribution in [1.29, 1.82) is 0 Å². The Bertz CT molecular complexity index is 368. The summed E-state index contributed by atoms with van der Waals surface area (Å²) in [6.45, 7) is 0. The zero-order chi connectivity index (χ0) is 10.6. The minimum atomic E-state index is -1.03. The van der Waals surface area contributed by atoms with E-state index in [9.17, 15) is 9.90 Å². The van der Waals surface area contributed by atoms with E-state index in [-0.39, 0.29) is 11.5 Å². The lowest BCUT2D eigenvalue weighted by molar-refractivity contribution is -0.270. The van der Waals surface area contributed by atoms with Crippen molar-refractivity contribution >= 4 is 12.0 Å². The summed E-state index contributed by atoms with van der Waals surface area (Å²) < 4.78 is 4.80. The Morgan fingerprint density at radius 2 is 2.29 bits per heavy atom. The predicted molar refractivity (Wildman–Crippen MR) is 49.1 cm³/mol. The second-order valence-electron chi connectivity index (χ2n) is 2.58. The van der Waals surface area contributed by atoms with Gasteiger partial charge in [0.1, 0.15) is 5.75 Å². The summed E-state index contributed by atoms with van der Waals surface area (Å²) in [6, 6.07) is 4.35. The molecule has 0 aliphatic rings. The largest absolute Gasteiger partial charge is 0.870 e. The van der Waals surface area contributed by atoms with Gasteiger partial charge in [-0.1, -0.05) is 17.9 Å². The quantitative estimate of drug-likeness (QED) is 0.723. The van der Waals surface area contributed by atoms with Crippen LogP contribution in [0.5, 0.6) is 11.5 Å². The highest BCUT2D eigenvalue weighted by molar-refractivity contribution is 5.85. The molecule has 0 heterocycles. The number of carboxylic acids is 1. The van der Waals surface area contributed by atoms with Crippen LogP contribution in [0.15, 0.2) is 24.3 Å². The third kappa shape index (κ3) is 2.52. The minimum absolute atomic E-state index is 0.206. The monoisotopic (exact) mass is 193 g/mol. The lowest BCUT2D eigenvalue weighted by Gasteiger charge is -2.11. The van der Waals surface area contributed by atoms with Crippen molar-refractivity contribution in [1.82, 2.24) is 0 Å². The molecule has 74 valence electrons. The Balaban J connectivity index is 2.95. The van der Waals surface area contributed by atoms with E-state index >= 15 is 0 Å². The second kappa shape index (κ2) is 4.32. The maximum absolute atomic E-state index is 11.1. The van der Waals surface area contributed by atoms with Gasteiger partial charge < -0.3 is 14.9 Å². The molecule has 4 nitrogen and oxygen atoms in total. The lowest BCUT2D eigenvalue weighted by atomic mass is 10.2. The molecule has 1 rings (SSSR count). The van der Waals surface area contributed by atoms with Crippen LogP contribution in [0.25, 0.3) is 6.08 Å². The molecule has 0 amide bonds. The molecule has 14 heavy (non-hydrogen) atoms. The van der Waals surface area contributed by atoms with E-state index in [4.69, 9.17) is 9.84 Å². The molecule has 0 spiro atoms. The Morgan fingerprint density at radius 3 is 2.86 bits per heavy atom. The molecule has 0 radical (unpaired) electrons. The molecule has 0 aromatic heterocycles. The van der Waals surface area contributed by atoms with Crippen LogP contribution >= 0.6 is 0 Å². The Hall–Kier alpha value is -1.97. The molecule has 0 saturated heterocycles. The van der Waals surface area contributed by atoms with Crippen LogP contribution < -0.4 is 9.84 Å². The number of benzene rings is 1. The Labute approximate surface area is 81.1 Å². The fourth-order valence-corrected chi connectivity index (χ4v) is 0.955. The molecule has 4 heteroatoms. The van der Waals surface area contributed by atoms with Crippen LogP contribution in [0.2, 0.25) is 0 Å². The normalized spacial score (nSPS) is 10.4. The minimum Gasteiger partial charge on any atom is -0.870 e. The first-order chi connectivity index (χ1) is 6.63. The van der Waals surface area contributed by atoms with E-state index in [1.807, 2.05) is 0 Å². The van der Waals surface area contributed by atoms with Gasteiger partial charge in [0.25, 0.3) is 0 Å². The van der Waals surface area contributed by atoms with Gasteiger partial charge in [-0.05, 0) is 17.7 Å². The number of methoxy groups -OCH3 is 1. The van der Waals surface area contributed by atoms with E-state index < -0.39 is 5.97 Å². The first kappa shape index (κ1) is 10.1. The van der Waals surface area contributed by atoms with E-state index in [1.54, 1.807) is 0 Å². The van der Waals surface area contributed by atoms with E-state index in [0.717, 1.165) is 6.08 Å². The van der Waals surface area contributed by atoms with Crippen molar-refractivity contribution in [3.63, 3.8) is 0 Å². The number of carbonyl (C=O) groups is 1. The summed E-state index contributed by atoms with van der Waals surface area (Å²) in [4.78, 5) is 10.2. The summed E-state index contributed by atoms with van der Waals surface area (Å²) in [5.41, 5.74) is 0.615. The third-order valence-corrected chi connectivity index (χ3v) is 1.61. The van der Waals surface area contributed by atoms with Crippen LogP contribution in [0, 0.1) is 0 Å². The van der Waals surface area contributed by atoms with Crippen molar-refractivity contribution in [3.05, 3.63) is 29.8 Å². The summed E-state index contributed by atoms with van der Waals surface area (Å²) in [6.07, 6.45) is 2.39. The second-order valence-corrected chi connectivity index (χ2v) is 2.58. The van der Waals surface area contributed by atoms with Gasteiger partial charge in [-0.3, -0.25) is 0 Å². The zero-order valence-electron chi connectivity index (χ0n) is 7.56. The van der Waals surface area contributed by atoms with Crippen LogP contribution in [-0.2, 0) is 4.79 Å². The van der Waals surface area contributed by atoms with Gasteiger partial charge in [-0.15, -0.1) is 0 Å². The number of hydrogen-bond donors (Lipinski definition) is 1. The third-order valence-electron chi connectivity index (χ3n) is 1.61. The molecule has 1 aromatic carbocycles. The van der Waals surface area contributed by atoms with Gasteiger partial charge in [0.2, 0.25) is 0 Å². The maximum atomic E-state index is 11.1. The van der Waals surface area contributed by atoms with Crippen molar-refractivity contribution < 1.29 is 19.7 Å². The van der Waals surface area contributed by atoms with Gasteiger partial charge in [-0.25, -0.2) is 4.79 Å². The van der Waals surface area contributed by atoms with Crippen LogP contribution in [-0.4, -0.2) is 18.2 Å². The van der Waals surface area contributed by atoms with Gasteiger partial charge in [0.15, 0.2) is 0 Å². The first-order valence-corrected chi connectivity index (χ1v) is 3.89. The lowest BCUT2D eigenvalue weighted by Crippen LogP contribution is -1.95. The predicted octanol–water partition coefficient (Wildman–Crippen LogP) is 0.867. The molecule has 1 N–H and O–H groups in total. The van der Waals surface area contributed by atoms with Crippen molar-refractivity contribution in [2.24, 2.45) is 0 Å². The topological polar surface area (TPSA) is 69.6 Å². The van der Waals surface area contributed by atoms with Crippen LogP contribution in [0.1, 0.15) is 5.56 Å². The molecule has 0 unspecified atom stereocenters. The molecule has 0 saturated carbocycles. The Morgan fingerprint density at radius 1 is 1.57 bits per heavy atom. The van der Waals surface area contributed by atoms with E-state index in [0.29, 0.717) is 5.56 Å². The number of hydrogen-bond acceptors (Lipinski definition) is 3. The number of rotatable bonds is 3. The van der Waals surface area contributed by atoms with Gasteiger partial charge in [0.05, 0.1) is 7.11 Å². The SMILES string of the molecule is COc1cc(/C=C\C(=O)O)ccc1[O-]. The fraction of sp³-hybridized carbons (Fsp3) is 0.100. The van der Waals surface area contributed by atoms with Crippen molar-refractivity contribution in [3.8, 4) is 11.5 Å². The zero-order valence-corrected chi connectivity index (χ0v) is 7.56. The highest BCUT2D eigenvalue weighted by Crippen LogP contribution is 2.24. The number of ether oxygens (including phenoxy) is 1. The van der Waals surface area contributed by atoms with Crippen molar-refractivity contribution in [2.75, 3.05) is 7.11 Å². The standard InChI is InChI=1S/C10H10O4/c1-14-9-6-7(2-4-8(9)11)3-5-10(12)13/h2-6,11H,1H3,(H,12,13)/p-1/b5-3-. The molecule has 1 aromatic rings. The number of carboxylic acid groups (broad SMARTS) is 1. The molecule has 0 bridgehead atoms. The smallest absolute Gasteiger partial charge is 0.328 e.